The van der Waals surface area contributed by atoms with Crippen LogP contribution in [0.4, 0.5) is 5.69 Å². The van der Waals surface area contributed by atoms with E-state index in [1.165, 1.54) is 6.42 Å². The van der Waals surface area contributed by atoms with Crippen molar-refractivity contribution in [2.75, 3.05) is 12.4 Å². The van der Waals surface area contributed by atoms with E-state index in [0.29, 0.717) is 11.4 Å². The maximum Gasteiger partial charge on any atom is 0.246 e. The number of carbonyl (C=O) groups is 3. The maximum atomic E-state index is 14.2. The fraction of sp³-hybridized carbons (Fsp3) is 0.433. The number of hydrogen-bond donors (Lipinski definition) is 2. The minimum Gasteiger partial charge on any atom is -0.496 e. The van der Waals surface area contributed by atoms with Gasteiger partial charge in [0, 0.05) is 21.8 Å². The van der Waals surface area contributed by atoms with E-state index in [0.717, 1.165) is 35.7 Å². The summed E-state index contributed by atoms with van der Waals surface area (Å²) in [5.74, 6) is -1.70. The van der Waals surface area contributed by atoms with E-state index in [1.807, 2.05) is 48.6 Å². The molecule has 1 spiro atoms. The molecule has 5 atom stereocenters. The Morgan fingerprint density at radius 2 is 1.82 bits per heavy atom. The molecule has 3 amide bonds. The van der Waals surface area contributed by atoms with E-state index in [-0.39, 0.29) is 30.3 Å². The maximum absolute atomic E-state index is 14.2. The number of halogens is 1. The van der Waals surface area contributed by atoms with Crippen molar-refractivity contribution < 1.29 is 23.9 Å². The molecule has 8 nitrogen and oxygen atoms in total. The normalized spacial score (nSPS) is 29.4. The first-order valence-corrected chi connectivity index (χ1v) is 14.4. The lowest BCUT2D eigenvalue weighted by molar-refractivity contribution is -0.142. The molecule has 3 fully saturated rings. The largest absolute Gasteiger partial charge is 0.496 e. The van der Waals surface area contributed by atoms with Crippen LogP contribution in [0.3, 0.4) is 0 Å². The first-order valence-electron chi connectivity index (χ1n) is 13.6. The van der Waals surface area contributed by atoms with Gasteiger partial charge in [0.2, 0.25) is 17.7 Å². The van der Waals surface area contributed by atoms with Crippen LogP contribution in [-0.4, -0.2) is 53.5 Å². The fourth-order valence-corrected chi connectivity index (χ4v) is 7.01. The molecule has 0 radical (unpaired) electrons. The fourth-order valence-electron chi connectivity index (χ4n) is 6.74. The van der Waals surface area contributed by atoms with Crippen LogP contribution in [0.1, 0.15) is 37.7 Å². The number of likely N-dealkylation sites (tertiary alicyclic amines) is 1. The number of benzene rings is 2. The lowest BCUT2D eigenvalue weighted by Crippen LogP contribution is -2.56. The predicted molar refractivity (Wildman–Crippen MR) is 149 cm³/mol. The van der Waals surface area contributed by atoms with E-state index in [9.17, 15) is 14.4 Å². The Hall–Kier alpha value is -3.17. The average molecular weight is 595 g/mol. The minimum atomic E-state index is -1.20. The van der Waals surface area contributed by atoms with Crippen molar-refractivity contribution in [1.82, 2.24) is 10.2 Å². The van der Waals surface area contributed by atoms with Gasteiger partial charge in [-0.1, -0.05) is 65.5 Å². The molecule has 9 heteroatoms. The van der Waals surface area contributed by atoms with E-state index in [2.05, 4.69) is 26.6 Å². The topological polar surface area (TPSA) is 97.0 Å². The van der Waals surface area contributed by atoms with Crippen molar-refractivity contribution in [3.63, 3.8) is 0 Å². The van der Waals surface area contributed by atoms with Gasteiger partial charge in [-0.25, -0.2) is 0 Å². The third kappa shape index (κ3) is 4.55. The summed E-state index contributed by atoms with van der Waals surface area (Å²) in [7, 11) is 1.58. The van der Waals surface area contributed by atoms with E-state index in [1.54, 1.807) is 24.1 Å². The first kappa shape index (κ1) is 26.1. The third-order valence-corrected chi connectivity index (χ3v) is 9.05. The zero-order valence-electron chi connectivity index (χ0n) is 21.8. The summed E-state index contributed by atoms with van der Waals surface area (Å²) in [4.78, 5) is 43.4. The average Bonchev–Trinajstić information content (AvgIpc) is 3.58. The molecule has 3 heterocycles. The lowest BCUT2D eigenvalue weighted by atomic mass is 9.74. The lowest BCUT2D eigenvalue weighted by Gasteiger charge is -2.34. The SMILES string of the molecule is COc1ccccc1CN1C(=O)C2C(C(=O)Nc3ccc(Br)cc3)C3C=CC2(O3)C1C(=O)NC1CCCCC1. The van der Waals surface area contributed by atoms with Crippen molar-refractivity contribution in [1.29, 1.82) is 0 Å². The Labute approximate surface area is 236 Å². The van der Waals surface area contributed by atoms with Gasteiger partial charge >= 0.3 is 0 Å². The van der Waals surface area contributed by atoms with Crippen LogP contribution in [0.2, 0.25) is 0 Å². The molecular weight excluding hydrogens is 562 g/mol. The molecule has 2 saturated heterocycles. The van der Waals surface area contributed by atoms with Crippen molar-refractivity contribution in [2.24, 2.45) is 11.8 Å². The van der Waals surface area contributed by atoms with Gasteiger partial charge in [0.25, 0.3) is 0 Å². The summed E-state index contributed by atoms with van der Waals surface area (Å²) < 4.78 is 12.9. The molecule has 1 aliphatic carbocycles. The summed E-state index contributed by atoms with van der Waals surface area (Å²) in [6.45, 7) is 0.173. The molecule has 4 aliphatic rings. The van der Waals surface area contributed by atoms with Gasteiger partial charge in [-0.2, -0.15) is 0 Å². The van der Waals surface area contributed by atoms with Crippen molar-refractivity contribution in [3.05, 3.63) is 70.7 Å². The van der Waals surface area contributed by atoms with Crippen LogP contribution in [0.25, 0.3) is 0 Å². The van der Waals surface area contributed by atoms with Crippen LogP contribution in [0.15, 0.2) is 65.2 Å². The number of rotatable bonds is 7. The molecular formula is C30H32BrN3O5. The smallest absolute Gasteiger partial charge is 0.246 e. The van der Waals surface area contributed by atoms with Gasteiger partial charge in [0.15, 0.2) is 0 Å². The van der Waals surface area contributed by atoms with Gasteiger partial charge in [-0.3, -0.25) is 14.4 Å². The number of para-hydroxylation sites is 1. The highest BCUT2D eigenvalue weighted by molar-refractivity contribution is 9.10. The van der Waals surface area contributed by atoms with Gasteiger partial charge in [-0.05, 0) is 43.2 Å². The summed E-state index contributed by atoms with van der Waals surface area (Å²) in [6.07, 6.45) is 8.27. The second-order valence-corrected chi connectivity index (χ2v) is 11.7. The number of anilines is 1. The van der Waals surface area contributed by atoms with Crippen LogP contribution in [0, 0.1) is 11.8 Å². The highest BCUT2D eigenvalue weighted by Crippen LogP contribution is 2.55. The number of hydrogen-bond acceptors (Lipinski definition) is 5. The molecule has 6 rings (SSSR count). The number of carbonyl (C=O) groups excluding carboxylic acids is 3. The van der Waals surface area contributed by atoms with Crippen molar-refractivity contribution in [2.45, 2.75) is 62.4 Å². The molecule has 0 aromatic heterocycles. The highest BCUT2D eigenvalue weighted by Gasteiger charge is 2.72. The summed E-state index contributed by atoms with van der Waals surface area (Å²) in [6, 6.07) is 13.9. The monoisotopic (exact) mass is 593 g/mol. The Balaban J connectivity index is 1.34. The number of fused-ring (bicyclic) bond motifs is 1. The molecule has 204 valence electrons. The Morgan fingerprint density at radius 3 is 2.56 bits per heavy atom. The van der Waals surface area contributed by atoms with Gasteiger partial charge in [0.1, 0.15) is 17.4 Å². The summed E-state index contributed by atoms with van der Waals surface area (Å²) >= 11 is 3.41. The standard InChI is InChI=1S/C30H32BrN3O5/c1-38-22-10-6-5-7-18(22)17-34-26(28(36)33-20-8-3-2-4-9-20)30-16-15-23(39-30)24(25(30)29(34)37)27(35)32-21-13-11-19(31)12-14-21/h5-7,10-16,20,23-26H,2-4,8-9,17H2,1H3,(H,32,35)(H,33,36). The Bertz CT molecular complexity index is 1310. The van der Waals surface area contributed by atoms with Crippen LogP contribution in [0.5, 0.6) is 5.75 Å². The second kappa shape index (κ2) is 10.4. The first-order chi connectivity index (χ1) is 18.9. The molecule has 2 N–H and O–H groups in total. The zero-order valence-corrected chi connectivity index (χ0v) is 23.4. The van der Waals surface area contributed by atoms with Gasteiger partial charge < -0.3 is 25.0 Å². The summed E-state index contributed by atoms with van der Waals surface area (Å²) in [5, 5.41) is 6.18. The quantitative estimate of drug-likeness (QED) is 0.469. The van der Waals surface area contributed by atoms with Gasteiger partial charge in [0.05, 0.1) is 31.6 Å². The molecule has 2 aromatic rings. The minimum absolute atomic E-state index is 0.0731. The number of amides is 3. The van der Waals surface area contributed by atoms with E-state index < -0.39 is 29.6 Å². The van der Waals surface area contributed by atoms with E-state index in [4.69, 9.17) is 9.47 Å². The van der Waals surface area contributed by atoms with E-state index >= 15 is 0 Å². The number of nitrogens with zero attached hydrogens (tertiary/aromatic N) is 1. The summed E-state index contributed by atoms with van der Waals surface area (Å²) in [5.41, 5.74) is 0.214. The molecule has 3 aliphatic heterocycles. The van der Waals surface area contributed by atoms with Crippen LogP contribution in [-0.2, 0) is 25.7 Å². The van der Waals surface area contributed by atoms with Crippen LogP contribution >= 0.6 is 15.9 Å². The van der Waals surface area contributed by atoms with Crippen molar-refractivity contribution >= 4 is 39.3 Å². The zero-order chi connectivity index (χ0) is 27.1. The van der Waals surface area contributed by atoms with Crippen LogP contribution < -0.4 is 15.4 Å². The highest BCUT2D eigenvalue weighted by atomic mass is 79.9. The molecule has 2 aromatic carbocycles. The van der Waals surface area contributed by atoms with Gasteiger partial charge in [-0.15, -0.1) is 0 Å². The number of nitrogens with one attached hydrogen (secondary N) is 2. The number of ether oxygens (including phenoxy) is 2. The predicted octanol–water partition coefficient (Wildman–Crippen LogP) is 4.20. The molecule has 5 unspecified atom stereocenters. The van der Waals surface area contributed by atoms with Crippen molar-refractivity contribution in [3.8, 4) is 5.75 Å². The Morgan fingerprint density at radius 1 is 1.08 bits per heavy atom. The number of methoxy groups -OCH3 is 1. The molecule has 39 heavy (non-hydrogen) atoms. The molecule has 2 bridgehead atoms. The Kier molecular flexibility index (Phi) is 6.97. The third-order valence-electron chi connectivity index (χ3n) is 8.52. The second-order valence-electron chi connectivity index (χ2n) is 10.8. The molecule has 1 saturated carbocycles.